The van der Waals surface area contributed by atoms with E-state index >= 15 is 0 Å². The molecule has 7 nitrogen and oxygen atoms in total. The standard InChI is InChI=1S/C28H28N4O3/c1-19-13-15-22(16-14-19)32-27(17-25(31-32)23-11-7-8-12-26(23)35-3)30-28(34)18-24(29-20(2)33)21-9-5-4-6-10-21/h4-17,24H,18H2,1-3H3,(H,29,33)(H,30,34). The molecule has 0 aliphatic rings. The molecule has 35 heavy (non-hydrogen) atoms. The van der Waals surface area contributed by atoms with Gasteiger partial charge >= 0.3 is 0 Å². The monoisotopic (exact) mass is 468 g/mol. The van der Waals surface area contributed by atoms with Crippen LogP contribution in [0.4, 0.5) is 5.82 Å². The molecular weight excluding hydrogens is 440 g/mol. The zero-order valence-corrected chi connectivity index (χ0v) is 20.0. The van der Waals surface area contributed by atoms with Gasteiger partial charge in [0, 0.05) is 18.6 Å². The molecule has 0 saturated heterocycles. The van der Waals surface area contributed by atoms with Crippen LogP contribution in [-0.2, 0) is 9.59 Å². The summed E-state index contributed by atoms with van der Waals surface area (Å²) in [6, 6.07) is 26.3. The van der Waals surface area contributed by atoms with Crippen LogP contribution < -0.4 is 15.4 Å². The molecule has 0 bridgehead atoms. The number of methoxy groups -OCH3 is 1. The average Bonchev–Trinajstić information content (AvgIpc) is 3.27. The highest BCUT2D eigenvalue weighted by Gasteiger charge is 2.20. The van der Waals surface area contributed by atoms with Crippen molar-refractivity contribution in [3.05, 3.63) is 96.1 Å². The summed E-state index contributed by atoms with van der Waals surface area (Å²) in [6.45, 7) is 3.46. The van der Waals surface area contributed by atoms with Gasteiger partial charge in [0.25, 0.3) is 0 Å². The van der Waals surface area contributed by atoms with Crippen molar-refractivity contribution >= 4 is 17.6 Å². The van der Waals surface area contributed by atoms with E-state index in [-0.39, 0.29) is 18.2 Å². The first-order valence-corrected chi connectivity index (χ1v) is 11.4. The van der Waals surface area contributed by atoms with E-state index in [2.05, 4.69) is 10.6 Å². The van der Waals surface area contributed by atoms with E-state index in [1.807, 2.05) is 91.9 Å². The minimum atomic E-state index is -0.446. The molecule has 0 saturated carbocycles. The van der Waals surface area contributed by atoms with Gasteiger partial charge in [0.2, 0.25) is 11.8 Å². The van der Waals surface area contributed by atoms with E-state index in [0.717, 1.165) is 22.4 Å². The van der Waals surface area contributed by atoms with Crippen molar-refractivity contribution in [1.29, 1.82) is 0 Å². The molecule has 4 aromatic rings. The number of rotatable bonds is 8. The Bertz CT molecular complexity index is 1310. The summed E-state index contributed by atoms with van der Waals surface area (Å²) < 4.78 is 7.22. The molecule has 0 fully saturated rings. The van der Waals surface area contributed by atoms with Crippen LogP contribution in [0, 0.1) is 6.92 Å². The van der Waals surface area contributed by atoms with E-state index < -0.39 is 6.04 Å². The fraction of sp³-hybridized carbons (Fsp3) is 0.179. The highest BCUT2D eigenvalue weighted by molar-refractivity contribution is 5.92. The number of amides is 2. The summed E-state index contributed by atoms with van der Waals surface area (Å²) in [5, 5.41) is 10.6. The van der Waals surface area contributed by atoms with Crippen LogP contribution in [0.1, 0.15) is 30.5 Å². The summed E-state index contributed by atoms with van der Waals surface area (Å²) >= 11 is 0. The van der Waals surface area contributed by atoms with Crippen molar-refractivity contribution in [3.63, 3.8) is 0 Å². The summed E-state index contributed by atoms with van der Waals surface area (Å²) in [5.41, 5.74) is 4.28. The maximum absolute atomic E-state index is 13.2. The van der Waals surface area contributed by atoms with Crippen LogP contribution in [0.2, 0.25) is 0 Å². The van der Waals surface area contributed by atoms with Crippen molar-refractivity contribution in [1.82, 2.24) is 15.1 Å². The van der Waals surface area contributed by atoms with Gasteiger partial charge < -0.3 is 15.4 Å². The molecular formula is C28H28N4O3. The van der Waals surface area contributed by atoms with Crippen molar-refractivity contribution in [2.45, 2.75) is 26.3 Å². The first-order valence-electron chi connectivity index (χ1n) is 11.4. The molecule has 1 aromatic heterocycles. The van der Waals surface area contributed by atoms with Crippen molar-refractivity contribution in [3.8, 4) is 22.7 Å². The topological polar surface area (TPSA) is 85.3 Å². The third kappa shape index (κ3) is 5.76. The highest BCUT2D eigenvalue weighted by Crippen LogP contribution is 2.32. The molecule has 3 aromatic carbocycles. The molecule has 1 unspecified atom stereocenters. The van der Waals surface area contributed by atoms with Gasteiger partial charge in [0.15, 0.2) is 0 Å². The number of aryl methyl sites for hydroxylation is 1. The first kappa shape index (κ1) is 23.8. The largest absolute Gasteiger partial charge is 0.496 e. The molecule has 178 valence electrons. The van der Waals surface area contributed by atoms with Crippen molar-refractivity contribution in [2.75, 3.05) is 12.4 Å². The Kier molecular flexibility index (Phi) is 7.26. The van der Waals surface area contributed by atoms with Crippen LogP contribution in [0.5, 0.6) is 5.75 Å². The second-order valence-electron chi connectivity index (χ2n) is 8.28. The van der Waals surface area contributed by atoms with Crippen molar-refractivity contribution in [2.24, 2.45) is 0 Å². The number of benzene rings is 3. The van der Waals surface area contributed by atoms with Crippen LogP contribution >= 0.6 is 0 Å². The lowest BCUT2D eigenvalue weighted by Crippen LogP contribution is -2.30. The maximum Gasteiger partial charge on any atom is 0.227 e. The number of aromatic nitrogens is 2. The molecule has 0 aliphatic heterocycles. The van der Waals surface area contributed by atoms with Gasteiger partial charge in [-0.15, -0.1) is 0 Å². The Balaban J connectivity index is 1.67. The molecule has 4 rings (SSSR count). The molecule has 1 atom stereocenters. The summed E-state index contributed by atoms with van der Waals surface area (Å²) in [5.74, 6) is 0.769. The van der Waals surface area contributed by atoms with E-state index in [4.69, 9.17) is 9.84 Å². The molecule has 0 spiro atoms. The molecule has 2 N–H and O–H groups in total. The summed E-state index contributed by atoms with van der Waals surface area (Å²) in [4.78, 5) is 24.9. The fourth-order valence-electron chi connectivity index (χ4n) is 3.90. The van der Waals surface area contributed by atoms with Gasteiger partial charge in [-0.05, 0) is 36.8 Å². The molecule has 1 heterocycles. The van der Waals surface area contributed by atoms with Gasteiger partial charge in [-0.2, -0.15) is 5.10 Å². The highest BCUT2D eigenvalue weighted by atomic mass is 16.5. The number of nitrogens with one attached hydrogen (secondary N) is 2. The number of hydrogen-bond donors (Lipinski definition) is 2. The van der Waals surface area contributed by atoms with E-state index in [1.165, 1.54) is 6.92 Å². The van der Waals surface area contributed by atoms with Crippen LogP contribution in [0.3, 0.4) is 0 Å². The van der Waals surface area contributed by atoms with E-state index in [1.54, 1.807) is 11.8 Å². The third-order valence-corrected chi connectivity index (χ3v) is 5.61. The number of hydrogen-bond acceptors (Lipinski definition) is 4. The predicted octanol–water partition coefficient (Wildman–Crippen LogP) is 5.06. The smallest absolute Gasteiger partial charge is 0.227 e. The van der Waals surface area contributed by atoms with Crippen LogP contribution in [0.15, 0.2) is 84.9 Å². The van der Waals surface area contributed by atoms with Gasteiger partial charge in [0.1, 0.15) is 11.6 Å². The summed E-state index contributed by atoms with van der Waals surface area (Å²) in [6.07, 6.45) is 0.0761. The van der Waals surface area contributed by atoms with E-state index in [0.29, 0.717) is 17.3 Å². The quantitative estimate of drug-likeness (QED) is 0.378. The Labute approximate surface area is 204 Å². The number of para-hydroxylation sites is 1. The minimum Gasteiger partial charge on any atom is -0.496 e. The zero-order chi connectivity index (χ0) is 24.8. The maximum atomic E-state index is 13.2. The SMILES string of the molecule is COc1ccccc1-c1cc(NC(=O)CC(NC(C)=O)c2ccccc2)n(-c2ccc(C)cc2)n1. The normalized spacial score (nSPS) is 11.5. The van der Waals surface area contributed by atoms with Gasteiger partial charge in [-0.25, -0.2) is 4.68 Å². The van der Waals surface area contributed by atoms with Gasteiger partial charge in [0.05, 0.1) is 31.0 Å². The second kappa shape index (κ2) is 10.7. The predicted molar refractivity (Wildman–Crippen MR) is 137 cm³/mol. The fourth-order valence-corrected chi connectivity index (χ4v) is 3.90. The number of anilines is 1. The lowest BCUT2D eigenvalue weighted by Gasteiger charge is -2.18. The lowest BCUT2D eigenvalue weighted by atomic mass is 10.0. The van der Waals surface area contributed by atoms with Crippen LogP contribution in [0.25, 0.3) is 16.9 Å². The second-order valence-corrected chi connectivity index (χ2v) is 8.28. The average molecular weight is 469 g/mol. The van der Waals surface area contributed by atoms with Gasteiger partial charge in [-0.1, -0.05) is 60.2 Å². The lowest BCUT2D eigenvalue weighted by molar-refractivity contribution is -0.120. The Morgan fingerprint density at radius 3 is 2.34 bits per heavy atom. The molecule has 7 heteroatoms. The number of ether oxygens (including phenoxy) is 1. The molecule has 0 radical (unpaired) electrons. The van der Waals surface area contributed by atoms with Crippen molar-refractivity contribution < 1.29 is 14.3 Å². The Morgan fingerprint density at radius 2 is 1.66 bits per heavy atom. The number of nitrogens with zero attached hydrogens (tertiary/aromatic N) is 2. The van der Waals surface area contributed by atoms with Crippen LogP contribution in [-0.4, -0.2) is 28.7 Å². The van der Waals surface area contributed by atoms with E-state index in [9.17, 15) is 9.59 Å². The Hall–Kier alpha value is -4.39. The molecule has 0 aliphatic carbocycles. The molecule has 2 amide bonds. The first-order chi connectivity index (χ1) is 16.9. The number of carbonyl (C=O) groups is 2. The minimum absolute atomic E-state index is 0.0761. The third-order valence-electron chi connectivity index (χ3n) is 5.61. The summed E-state index contributed by atoms with van der Waals surface area (Å²) in [7, 11) is 1.62. The Morgan fingerprint density at radius 1 is 0.971 bits per heavy atom. The zero-order valence-electron chi connectivity index (χ0n) is 20.0. The number of carbonyl (C=O) groups excluding carboxylic acids is 2. The van der Waals surface area contributed by atoms with Gasteiger partial charge in [-0.3, -0.25) is 9.59 Å².